The van der Waals surface area contributed by atoms with Gasteiger partial charge < -0.3 is 15.8 Å². The molecule has 0 radical (unpaired) electrons. The van der Waals surface area contributed by atoms with Gasteiger partial charge in [-0.1, -0.05) is 25.5 Å². The van der Waals surface area contributed by atoms with E-state index in [2.05, 4.69) is 34.3 Å². The minimum atomic E-state index is 0.636. The number of fused-ring (bicyclic) bond motifs is 1. The molecular weight excluding hydrogens is 312 g/mol. The summed E-state index contributed by atoms with van der Waals surface area (Å²) in [5.41, 5.74) is 8.63. The number of aromatic nitrogens is 2. The minimum Gasteiger partial charge on any atom is -0.494 e. The molecule has 0 unspecified atom stereocenters. The van der Waals surface area contributed by atoms with Crippen molar-refractivity contribution in [3.8, 4) is 5.75 Å². The van der Waals surface area contributed by atoms with E-state index in [-0.39, 0.29) is 0 Å². The summed E-state index contributed by atoms with van der Waals surface area (Å²) in [6, 6.07) is 13.9. The molecule has 3 rings (SSSR count). The van der Waals surface area contributed by atoms with Gasteiger partial charge in [-0.05, 0) is 48.7 Å². The van der Waals surface area contributed by atoms with E-state index in [1.54, 1.807) is 6.20 Å². The first kappa shape index (κ1) is 17.0. The first-order chi connectivity index (χ1) is 12.2. The van der Waals surface area contributed by atoms with Crippen molar-refractivity contribution in [2.75, 3.05) is 24.2 Å². The van der Waals surface area contributed by atoms with E-state index in [1.165, 1.54) is 5.56 Å². The first-order valence-electron chi connectivity index (χ1n) is 8.72. The number of hydrogen-bond donors (Lipinski definition) is 2. The molecule has 0 atom stereocenters. The number of nitrogens with one attached hydrogen (secondary N) is 1. The van der Waals surface area contributed by atoms with Crippen LogP contribution in [0.25, 0.3) is 10.9 Å². The van der Waals surface area contributed by atoms with Crippen LogP contribution in [0.15, 0.2) is 48.7 Å². The number of nitrogens with zero attached hydrogens (tertiary/aromatic N) is 2. The maximum atomic E-state index is 5.77. The van der Waals surface area contributed by atoms with Crippen molar-refractivity contribution in [3.05, 3.63) is 54.2 Å². The molecule has 0 bridgehead atoms. The third-order valence-electron chi connectivity index (χ3n) is 3.99. The molecule has 2 aromatic carbocycles. The molecule has 0 saturated carbocycles. The van der Waals surface area contributed by atoms with Gasteiger partial charge in [-0.15, -0.1) is 0 Å². The van der Waals surface area contributed by atoms with Gasteiger partial charge >= 0.3 is 0 Å². The molecule has 1 heterocycles. The van der Waals surface area contributed by atoms with Crippen LogP contribution in [-0.2, 0) is 6.42 Å². The Morgan fingerprint density at radius 2 is 1.96 bits per heavy atom. The summed E-state index contributed by atoms with van der Waals surface area (Å²) in [7, 11) is 0. The molecule has 0 fully saturated rings. The SMILES string of the molecule is CCCCOc1ccc(CCNc2ncc3cc(N)ccc3n2)cc1. The highest BCUT2D eigenvalue weighted by atomic mass is 16.5. The Morgan fingerprint density at radius 3 is 2.76 bits per heavy atom. The summed E-state index contributed by atoms with van der Waals surface area (Å²) in [5, 5.41) is 4.22. The molecular formula is C20H24N4O. The van der Waals surface area contributed by atoms with Crippen LogP contribution < -0.4 is 15.8 Å². The van der Waals surface area contributed by atoms with Crippen LogP contribution in [0.1, 0.15) is 25.3 Å². The van der Waals surface area contributed by atoms with Crippen molar-refractivity contribution in [1.29, 1.82) is 0 Å². The second kappa shape index (κ2) is 8.33. The van der Waals surface area contributed by atoms with Gasteiger partial charge in [-0.2, -0.15) is 0 Å². The number of unbranched alkanes of at least 4 members (excludes halogenated alkanes) is 1. The zero-order valence-corrected chi connectivity index (χ0v) is 14.5. The number of nitrogens with two attached hydrogens (primary N) is 1. The van der Waals surface area contributed by atoms with Crippen LogP contribution in [0.4, 0.5) is 11.6 Å². The number of anilines is 2. The molecule has 25 heavy (non-hydrogen) atoms. The normalized spacial score (nSPS) is 10.8. The number of nitrogen functional groups attached to an aromatic ring is 1. The number of hydrogen-bond acceptors (Lipinski definition) is 5. The quantitative estimate of drug-likeness (QED) is 0.480. The lowest BCUT2D eigenvalue weighted by atomic mass is 10.1. The van der Waals surface area contributed by atoms with Gasteiger partial charge in [0, 0.05) is 23.8 Å². The Morgan fingerprint density at radius 1 is 1.12 bits per heavy atom. The molecule has 0 aliphatic carbocycles. The van der Waals surface area contributed by atoms with E-state index in [0.717, 1.165) is 54.8 Å². The van der Waals surface area contributed by atoms with Gasteiger partial charge in [-0.25, -0.2) is 9.97 Å². The van der Waals surface area contributed by atoms with Gasteiger partial charge in [0.25, 0.3) is 0 Å². The summed E-state index contributed by atoms with van der Waals surface area (Å²) in [6.45, 7) is 3.72. The number of benzene rings is 2. The summed E-state index contributed by atoms with van der Waals surface area (Å²) in [6.07, 6.45) is 4.93. The molecule has 5 heteroatoms. The second-order valence-corrected chi connectivity index (χ2v) is 6.03. The van der Waals surface area contributed by atoms with Gasteiger partial charge in [0.15, 0.2) is 0 Å². The molecule has 0 saturated heterocycles. The van der Waals surface area contributed by atoms with E-state index in [1.807, 2.05) is 30.3 Å². The van der Waals surface area contributed by atoms with E-state index in [0.29, 0.717) is 5.95 Å². The van der Waals surface area contributed by atoms with Crippen LogP contribution in [-0.4, -0.2) is 23.1 Å². The number of rotatable bonds is 8. The summed E-state index contributed by atoms with van der Waals surface area (Å²) in [5.74, 6) is 1.57. The third-order valence-corrected chi connectivity index (χ3v) is 3.99. The van der Waals surface area contributed by atoms with Crippen molar-refractivity contribution in [2.24, 2.45) is 0 Å². The lowest BCUT2D eigenvalue weighted by Crippen LogP contribution is -2.08. The lowest BCUT2D eigenvalue weighted by Gasteiger charge is -2.08. The number of ether oxygens (including phenoxy) is 1. The summed E-state index contributed by atoms with van der Waals surface area (Å²) >= 11 is 0. The van der Waals surface area contributed by atoms with Crippen molar-refractivity contribution in [1.82, 2.24) is 9.97 Å². The second-order valence-electron chi connectivity index (χ2n) is 6.03. The molecule has 0 aliphatic rings. The monoisotopic (exact) mass is 336 g/mol. The average molecular weight is 336 g/mol. The zero-order valence-electron chi connectivity index (χ0n) is 14.5. The molecule has 130 valence electrons. The fourth-order valence-electron chi connectivity index (χ4n) is 2.54. The maximum Gasteiger partial charge on any atom is 0.223 e. The van der Waals surface area contributed by atoms with Crippen molar-refractivity contribution >= 4 is 22.5 Å². The van der Waals surface area contributed by atoms with E-state index in [4.69, 9.17) is 10.5 Å². The largest absolute Gasteiger partial charge is 0.494 e. The fraction of sp³-hybridized carbons (Fsp3) is 0.300. The highest BCUT2D eigenvalue weighted by Gasteiger charge is 2.01. The van der Waals surface area contributed by atoms with E-state index >= 15 is 0 Å². The fourth-order valence-corrected chi connectivity index (χ4v) is 2.54. The molecule has 0 spiro atoms. The third kappa shape index (κ3) is 4.83. The molecule has 0 amide bonds. The Labute approximate surface area is 148 Å². The van der Waals surface area contributed by atoms with Gasteiger partial charge in [0.05, 0.1) is 12.1 Å². The topological polar surface area (TPSA) is 73.1 Å². The van der Waals surface area contributed by atoms with Gasteiger partial charge in [-0.3, -0.25) is 0 Å². The van der Waals surface area contributed by atoms with E-state index in [9.17, 15) is 0 Å². The van der Waals surface area contributed by atoms with Gasteiger partial charge in [0.1, 0.15) is 5.75 Å². The smallest absolute Gasteiger partial charge is 0.223 e. The van der Waals surface area contributed by atoms with Crippen LogP contribution in [0.5, 0.6) is 5.75 Å². The predicted octanol–water partition coefficient (Wildman–Crippen LogP) is 4.05. The maximum absolute atomic E-state index is 5.77. The first-order valence-corrected chi connectivity index (χ1v) is 8.72. The summed E-state index contributed by atoms with van der Waals surface area (Å²) in [4.78, 5) is 8.84. The highest BCUT2D eigenvalue weighted by Crippen LogP contribution is 2.16. The molecule has 3 N–H and O–H groups in total. The minimum absolute atomic E-state index is 0.636. The van der Waals surface area contributed by atoms with Crippen LogP contribution >= 0.6 is 0 Å². The molecule has 1 aromatic heterocycles. The van der Waals surface area contributed by atoms with Crippen LogP contribution in [0.3, 0.4) is 0 Å². The van der Waals surface area contributed by atoms with Crippen LogP contribution in [0, 0.1) is 0 Å². The Hall–Kier alpha value is -2.82. The molecule has 3 aromatic rings. The molecule has 0 aliphatic heterocycles. The highest BCUT2D eigenvalue weighted by molar-refractivity contribution is 5.81. The van der Waals surface area contributed by atoms with E-state index < -0.39 is 0 Å². The Bertz CT molecular complexity index is 818. The predicted molar refractivity (Wildman–Crippen MR) is 103 cm³/mol. The Kier molecular flexibility index (Phi) is 5.67. The van der Waals surface area contributed by atoms with Crippen molar-refractivity contribution < 1.29 is 4.74 Å². The Balaban J connectivity index is 1.51. The van der Waals surface area contributed by atoms with Crippen molar-refractivity contribution in [3.63, 3.8) is 0 Å². The summed E-state index contributed by atoms with van der Waals surface area (Å²) < 4.78 is 5.68. The zero-order chi connectivity index (χ0) is 17.5. The standard InChI is InChI=1S/C20H24N4O/c1-2-3-12-25-18-7-4-15(5-8-18)10-11-22-20-23-14-16-13-17(21)6-9-19(16)24-20/h4-9,13-14H,2-3,10-12,21H2,1H3,(H,22,23,24). The lowest BCUT2D eigenvalue weighted by molar-refractivity contribution is 0.309. The molecule has 5 nitrogen and oxygen atoms in total. The van der Waals surface area contributed by atoms with Crippen molar-refractivity contribution in [2.45, 2.75) is 26.2 Å². The van der Waals surface area contributed by atoms with Gasteiger partial charge in [0.2, 0.25) is 5.95 Å². The van der Waals surface area contributed by atoms with Crippen LogP contribution in [0.2, 0.25) is 0 Å². The average Bonchev–Trinajstić information content (AvgIpc) is 2.63.